The predicted molar refractivity (Wildman–Crippen MR) is 114 cm³/mol. The van der Waals surface area contributed by atoms with E-state index in [1.807, 2.05) is 21.6 Å². The van der Waals surface area contributed by atoms with Crippen LogP contribution in [0.1, 0.15) is 49.1 Å². The molecule has 7 nitrogen and oxygen atoms in total. The van der Waals surface area contributed by atoms with E-state index >= 15 is 0 Å². The zero-order valence-corrected chi connectivity index (χ0v) is 18.1. The molecule has 29 heavy (non-hydrogen) atoms. The van der Waals surface area contributed by atoms with Gasteiger partial charge in [0.05, 0.1) is 29.1 Å². The third kappa shape index (κ3) is 4.84. The molecule has 0 aromatic carbocycles. The average Bonchev–Trinajstić information content (AvgIpc) is 3.32. The largest absolute Gasteiger partial charge is 0.335 e. The van der Waals surface area contributed by atoms with Crippen LogP contribution in [0.15, 0.2) is 35.1 Å². The Bertz CT molecular complexity index is 955. The molecule has 152 valence electrons. The summed E-state index contributed by atoms with van der Waals surface area (Å²) >= 11 is 3.30. The Morgan fingerprint density at radius 1 is 1.24 bits per heavy atom. The van der Waals surface area contributed by atoms with Crippen molar-refractivity contribution in [1.29, 1.82) is 0 Å². The van der Waals surface area contributed by atoms with Gasteiger partial charge < -0.3 is 4.90 Å². The van der Waals surface area contributed by atoms with Crippen LogP contribution in [-0.2, 0) is 23.5 Å². The smallest absolute Gasteiger partial charge is 0.222 e. The van der Waals surface area contributed by atoms with Crippen LogP contribution in [0.2, 0.25) is 0 Å². The number of carbonyl (C=O) groups is 1. The maximum absolute atomic E-state index is 12.5. The molecule has 1 aliphatic rings. The summed E-state index contributed by atoms with van der Waals surface area (Å²) in [5.41, 5.74) is 1.96. The van der Waals surface area contributed by atoms with Gasteiger partial charge >= 0.3 is 0 Å². The van der Waals surface area contributed by atoms with Crippen molar-refractivity contribution < 1.29 is 4.79 Å². The first-order chi connectivity index (χ1) is 14.2. The summed E-state index contributed by atoms with van der Waals surface area (Å²) < 4.78 is 2.02. The molecule has 0 spiro atoms. The highest BCUT2D eigenvalue weighted by Gasteiger charge is 2.22. The number of pyridine rings is 1. The van der Waals surface area contributed by atoms with Crippen LogP contribution in [0.5, 0.6) is 0 Å². The van der Waals surface area contributed by atoms with Crippen molar-refractivity contribution in [2.24, 2.45) is 0 Å². The van der Waals surface area contributed by atoms with Crippen molar-refractivity contribution in [3.05, 3.63) is 46.4 Å². The zero-order valence-electron chi connectivity index (χ0n) is 16.5. The number of thiazole rings is 1. The lowest BCUT2D eigenvalue weighted by atomic mass is 10.2. The first-order valence-corrected chi connectivity index (χ1v) is 11.8. The molecule has 1 amide bonds. The summed E-state index contributed by atoms with van der Waals surface area (Å²) in [5, 5.41) is 12.9. The van der Waals surface area contributed by atoms with E-state index in [0.717, 1.165) is 65.4 Å². The number of amides is 1. The van der Waals surface area contributed by atoms with Crippen LogP contribution in [0.4, 0.5) is 0 Å². The highest BCUT2D eigenvalue weighted by atomic mass is 32.2. The third-order valence-electron chi connectivity index (χ3n) is 4.86. The number of carbonyl (C=O) groups excluding carboxylic acids is 1. The van der Waals surface area contributed by atoms with Crippen LogP contribution in [-0.4, -0.2) is 42.1 Å². The monoisotopic (exact) mass is 428 g/mol. The lowest BCUT2D eigenvalue weighted by Gasteiger charge is -2.20. The van der Waals surface area contributed by atoms with Crippen molar-refractivity contribution in [1.82, 2.24) is 29.6 Å². The van der Waals surface area contributed by atoms with Crippen LogP contribution in [0.25, 0.3) is 5.69 Å². The van der Waals surface area contributed by atoms with E-state index in [0.29, 0.717) is 13.0 Å². The van der Waals surface area contributed by atoms with Crippen molar-refractivity contribution in [3.63, 3.8) is 0 Å². The number of aromatic nitrogens is 5. The summed E-state index contributed by atoms with van der Waals surface area (Å²) in [6, 6.07) is 3.89. The summed E-state index contributed by atoms with van der Waals surface area (Å²) in [7, 11) is 0. The Hall–Kier alpha value is -2.26. The van der Waals surface area contributed by atoms with Crippen LogP contribution in [0.3, 0.4) is 0 Å². The van der Waals surface area contributed by atoms with E-state index in [4.69, 9.17) is 0 Å². The number of hydrogen-bond acceptors (Lipinski definition) is 7. The zero-order chi connectivity index (χ0) is 20.1. The highest BCUT2D eigenvalue weighted by Crippen LogP contribution is 2.26. The lowest BCUT2D eigenvalue weighted by molar-refractivity contribution is -0.131. The predicted octanol–water partition coefficient (Wildman–Crippen LogP) is 3.88. The van der Waals surface area contributed by atoms with Gasteiger partial charge in [0.1, 0.15) is 0 Å². The van der Waals surface area contributed by atoms with Gasteiger partial charge in [-0.25, -0.2) is 4.98 Å². The molecule has 9 heteroatoms. The Balaban J connectivity index is 1.58. The molecule has 0 saturated carbocycles. The molecular weight excluding hydrogens is 404 g/mol. The van der Waals surface area contributed by atoms with Crippen LogP contribution >= 0.6 is 23.1 Å². The van der Waals surface area contributed by atoms with Crippen LogP contribution < -0.4 is 0 Å². The van der Waals surface area contributed by atoms with E-state index < -0.39 is 0 Å². The number of thioether (sulfide) groups is 1. The molecule has 1 saturated heterocycles. The number of rotatable bonds is 7. The molecule has 0 aliphatic carbocycles. The second kappa shape index (κ2) is 9.49. The fourth-order valence-electron chi connectivity index (χ4n) is 3.33. The first-order valence-electron chi connectivity index (χ1n) is 9.93. The maximum Gasteiger partial charge on any atom is 0.222 e. The van der Waals surface area contributed by atoms with E-state index in [1.54, 1.807) is 35.5 Å². The quantitative estimate of drug-likeness (QED) is 0.532. The van der Waals surface area contributed by atoms with Gasteiger partial charge in [0.25, 0.3) is 0 Å². The van der Waals surface area contributed by atoms with E-state index in [-0.39, 0.29) is 5.91 Å². The Labute approximate surface area is 178 Å². The van der Waals surface area contributed by atoms with Crippen molar-refractivity contribution in [3.8, 4) is 5.69 Å². The van der Waals surface area contributed by atoms with E-state index in [9.17, 15) is 4.79 Å². The first kappa shape index (κ1) is 20.0. The Morgan fingerprint density at radius 2 is 2.17 bits per heavy atom. The van der Waals surface area contributed by atoms with Crippen LogP contribution in [0, 0.1) is 0 Å². The minimum absolute atomic E-state index is 0.201. The third-order valence-corrected chi connectivity index (χ3v) is 6.86. The molecule has 3 aromatic heterocycles. The van der Waals surface area contributed by atoms with Gasteiger partial charge in [0.2, 0.25) is 5.91 Å². The minimum Gasteiger partial charge on any atom is -0.335 e. The molecular formula is C20H24N6OS2. The van der Waals surface area contributed by atoms with Crippen molar-refractivity contribution in [2.75, 3.05) is 6.54 Å². The molecule has 1 fully saturated rings. The Kier molecular flexibility index (Phi) is 6.56. The summed E-state index contributed by atoms with van der Waals surface area (Å²) in [6.45, 7) is 3.36. The second-order valence-corrected chi connectivity index (χ2v) is 8.83. The number of likely N-dealkylation sites (tertiary alicyclic amines) is 1. The normalized spacial score (nSPS) is 14.9. The standard InChI is InChI=1S/C20H24N6OS2/c1-2-18-22-15(13-28-18)14-29-20-24-23-17(26(20)16-7-6-9-21-11-16)12-25-10-5-3-4-8-19(25)27/h6-7,9,11,13H,2-5,8,10,12,14H2,1H3. The van der Waals surface area contributed by atoms with Crippen molar-refractivity contribution >= 4 is 29.0 Å². The fraction of sp³-hybridized carbons (Fsp3) is 0.450. The Morgan fingerprint density at radius 3 is 2.97 bits per heavy atom. The summed E-state index contributed by atoms with van der Waals surface area (Å²) in [5.74, 6) is 1.70. The second-order valence-electron chi connectivity index (χ2n) is 6.95. The number of nitrogens with zero attached hydrogens (tertiary/aromatic N) is 6. The van der Waals surface area contributed by atoms with Gasteiger partial charge in [-0.2, -0.15) is 0 Å². The molecule has 0 bridgehead atoms. The van der Waals surface area contributed by atoms with Gasteiger partial charge in [-0.05, 0) is 31.4 Å². The number of aryl methyl sites for hydroxylation is 1. The van der Waals surface area contributed by atoms with Gasteiger partial charge in [0.15, 0.2) is 11.0 Å². The molecule has 1 aliphatic heterocycles. The van der Waals surface area contributed by atoms with Gasteiger partial charge in [-0.3, -0.25) is 14.3 Å². The molecule has 0 radical (unpaired) electrons. The lowest BCUT2D eigenvalue weighted by Crippen LogP contribution is -2.31. The van der Waals surface area contributed by atoms with Crippen molar-refractivity contribution in [2.45, 2.75) is 56.5 Å². The van der Waals surface area contributed by atoms with E-state index in [1.165, 1.54) is 0 Å². The minimum atomic E-state index is 0.201. The fourth-order valence-corrected chi connectivity index (χ4v) is 5.05. The maximum atomic E-state index is 12.5. The van der Waals surface area contributed by atoms with Gasteiger partial charge in [-0.1, -0.05) is 25.1 Å². The van der Waals surface area contributed by atoms with E-state index in [2.05, 4.69) is 32.5 Å². The summed E-state index contributed by atoms with van der Waals surface area (Å²) in [6.07, 6.45) is 8.24. The number of hydrogen-bond donors (Lipinski definition) is 0. The SMILES string of the molecule is CCc1nc(CSc2nnc(CN3CCCCCC3=O)n2-c2cccnc2)cs1. The molecule has 3 aromatic rings. The molecule has 0 atom stereocenters. The molecule has 0 unspecified atom stereocenters. The highest BCUT2D eigenvalue weighted by molar-refractivity contribution is 7.98. The van der Waals surface area contributed by atoms with Gasteiger partial charge in [0, 0.05) is 30.3 Å². The molecule has 4 rings (SSSR count). The van der Waals surface area contributed by atoms with Gasteiger partial charge in [-0.15, -0.1) is 21.5 Å². The topological polar surface area (TPSA) is 76.8 Å². The molecule has 0 N–H and O–H groups in total. The average molecular weight is 429 g/mol. The molecule has 4 heterocycles. The summed E-state index contributed by atoms with van der Waals surface area (Å²) in [4.78, 5) is 23.3.